The molecule has 1 aromatic heterocycles. The van der Waals surface area contributed by atoms with Gasteiger partial charge in [0.15, 0.2) is 0 Å². The van der Waals surface area contributed by atoms with Crippen molar-refractivity contribution >= 4 is 5.69 Å². The number of hydrogen-bond acceptors (Lipinski definition) is 3. The van der Waals surface area contributed by atoms with Crippen LogP contribution in [-0.2, 0) is 13.1 Å². The molecule has 1 aromatic carbocycles. The third-order valence-corrected chi connectivity index (χ3v) is 3.62. The summed E-state index contributed by atoms with van der Waals surface area (Å²) in [5.41, 5.74) is 3.87. The molecule has 0 bridgehead atoms. The van der Waals surface area contributed by atoms with Crippen LogP contribution in [0.15, 0.2) is 36.7 Å². The highest BCUT2D eigenvalue weighted by atomic mass is 15.1. The minimum absolute atomic E-state index is 0.852. The summed E-state index contributed by atoms with van der Waals surface area (Å²) in [5.74, 6) is 0. The van der Waals surface area contributed by atoms with E-state index in [1.165, 1.54) is 42.7 Å². The van der Waals surface area contributed by atoms with Gasteiger partial charge in [0.1, 0.15) is 0 Å². The van der Waals surface area contributed by atoms with Crippen molar-refractivity contribution in [1.82, 2.24) is 15.5 Å². The summed E-state index contributed by atoms with van der Waals surface area (Å²) >= 11 is 0. The van der Waals surface area contributed by atoms with Gasteiger partial charge in [-0.25, -0.2) is 0 Å². The normalized spacial score (nSPS) is 15.1. The molecule has 1 aliphatic rings. The smallest absolute Gasteiger partial charge is 0.0532 e. The molecule has 0 saturated carbocycles. The number of H-pyrrole nitrogens is 1. The Balaban J connectivity index is 1.51. The van der Waals surface area contributed by atoms with Gasteiger partial charge in [-0.2, -0.15) is 5.10 Å². The summed E-state index contributed by atoms with van der Waals surface area (Å²) in [6.07, 6.45) is 6.43. The van der Waals surface area contributed by atoms with Crippen LogP contribution in [0.5, 0.6) is 0 Å². The molecule has 4 nitrogen and oxygen atoms in total. The zero-order valence-corrected chi connectivity index (χ0v) is 11.1. The predicted octanol–water partition coefficient (Wildman–Crippen LogP) is 2.30. The molecule has 1 saturated heterocycles. The van der Waals surface area contributed by atoms with Gasteiger partial charge >= 0.3 is 0 Å². The van der Waals surface area contributed by atoms with Gasteiger partial charge in [0.05, 0.1) is 6.20 Å². The maximum Gasteiger partial charge on any atom is 0.0532 e. The first-order chi connectivity index (χ1) is 9.42. The molecule has 0 atom stereocenters. The second kappa shape index (κ2) is 5.89. The van der Waals surface area contributed by atoms with Gasteiger partial charge in [0.2, 0.25) is 0 Å². The molecule has 1 fully saturated rings. The molecule has 4 heteroatoms. The summed E-state index contributed by atoms with van der Waals surface area (Å²) in [6.45, 7) is 4.16. The van der Waals surface area contributed by atoms with E-state index in [9.17, 15) is 0 Å². The molecule has 2 heterocycles. The van der Waals surface area contributed by atoms with Gasteiger partial charge in [-0.3, -0.25) is 5.10 Å². The zero-order valence-electron chi connectivity index (χ0n) is 11.1. The van der Waals surface area contributed by atoms with Crippen molar-refractivity contribution in [3.8, 4) is 0 Å². The maximum atomic E-state index is 3.93. The highest BCUT2D eigenvalue weighted by molar-refractivity contribution is 5.48. The second-order valence-corrected chi connectivity index (χ2v) is 5.07. The highest BCUT2D eigenvalue weighted by Crippen LogP contribution is 2.20. The Labute approximate surface area is 113 Å². The first-order valence-electron chi connectivity index (χ1n) is 6.94. The fourth-order valence-corrected chi connectivity index (χ4v) is 2.53. The van der Waals surface area contributed by atoms with Gasteiger partial charge in [-0.15, -0.1) is 0 Å². The van der Waals surface area contributed by atoms with E-state index in [-0.39, 0.29) is 0 Å². The quantitative estimate of drug-likeness (QED) is 0.862. The SMILES string of the molecule is c1cc(N2CCCC2)ccc1CNCc1cn[nH]c1. The number of nitrogens with one attached hydrogen (secondary N) is 2. The van der Waals surface area contributed by atoms with Gasteiger partial charge in [0.25, 0.3) is 0 Å². The fraction of sp³-hybridized carbons (Fsp3) is 0.400. The Morgan fingerprint density at radius 2 is 1.79 bits per heavy atom. The number of hydrogen-bond donors (Lipinski definition) is 2. The van der Waals surface area contributed by atoms with Crippen molar-refractivity contribution in [2.75, 3.05) is 18.0 Å². The van der Waals surface area contributed by atoms with E-state index in [1.807, 2.05) is 12.4 Å². The van der Waals surface area contributed by atoms with E-state index in [0.717, 1.165) is 13.1 Å². The number of rotatable bonds is 5. The van der Waals surface area contributed by atoms with E-state index in [0.29, 0.717) is 0 Å². The number of aromatic nitrogens is 2. The standard InChI is InChI=1S/C15H20N4/c1-2-8-19(7-1)15-5-3-13(4-6-15)9-16-10-14-11-17-18-12-14/h3-6,11-12,16H,1-2,7-10H2,(H,17,18). The Bertz CT molecular complexity index is 483. The van der Waals surface area contributed by atoms with Crippen LogP contribution >= 0.6 is 0 Å². The molecule has 0 amide bonds. The van der Waals surface area contributed by atoms with E-state index in [2.05, 4.69) is 44.7 Å². The summed E-state index contributed by atoms with van der Waals surface area (Å²) < 4.78 is 0. The molecule has 0 aliphatic carbocycles. The van der Waals surface area contributed by atoms with Crippen molar-refractivity contribution in [1.29, 1.82) is 0 Å². The lowest BCUT2D eigenvalue weighted by Gasteiger charge is -2.17. The summed E-state index contributed by atoms with van der Waals surface area (Å²) in [7, 11) is 0. The minimum Gasteiger partial charge on any atom is -0.372 e. The van der Waals surface area contributed by atoms with Gasteiger partial charge < -0.3 is 10.2 Å². The summed E-state index contributed by atoms with van der Waals surface area (Å²) in [5, 5.41) is 10.2. The number of benzene rings is 1. The van der Waals surface area contributed by atoms with Crippen LogP contribution in [0, 0.1) is 0 Å². The van der Waals surface area contributed by atoms with Crippen LogP contribution in [0.1, 0.15) is 24.0 Å². The Morgan fingerprint density at radius 3 is 2.47 bits per heavy atom. The van der Waals surface area contributed by atoms with Crippen LogP contribution < -0.4 is 10.2 Å². The number of nitrogens with zero attached hydrogens (tertiary/aromatic N) is 2. The monoisotopic (exact) mass is 256 g/mol. The van der Waals surface area contributed by atoms with Crippen molar-refractivity contribution in [3.63, 3.8) is 0 Å². The molecule has 3 rings (SSSR count). The Kier molecular flexibility index (Phi) is 3.79. The summed E-state index contributed by atoms with van der Waals surface area (Å²) in [6, 6.07) is 8.91. The minimum atomic E-state index is 0.852. The molecule has 0 radical (unpaired) electrons. The molecule has 0 spiro atoms. The third-order valence-electron chi connectivity index (χ3n) is 3.62. The Hall–Kier alpha value is -1.81. The van der Waals surface area contributed by atoms with Crippen LogP contribution in [0.25, 0.3) is 0 Å². The molecule has 1 aliphatic heterocycles. The first kappa shape index (κ1) is 12.2. The highest BCUT2D eigenvalue weighted by Gasteiger charge is 2.11. The van der Waals surface area contributed by atoms with Crippen molar-refractivity contribution in [2.45, 2.75) is 25.9 Å². The molecular weight excluding hydrogens is 236 g/mol. The van der Waals surface area contributed by atoms with Gasteiger partial charge in [0, 0.05) is 43.6 Å². The third kappa shape index (κ3) is 3.15. The summed E-state index contributed by atoms with van der Waals surface area (Å²) in [4.78, 5) is 2.46. The molecular formula is C15H20N4. The van der Waals surface area contributed by atoms with Crippen LogP contribution in [0.4, 0.5) is 5.69 Å². The lowest BCUT2D eigenvalue weighted by molar-refractivity contribution is 0.693. The Morgan fingerprint density at radius 1 is 1.05 bits per heavy atom. The lowest BCUT2D eigenvalue weighted by Crippen LogP contribution is -2.17. The molecule has 2 N–H and O–H groups in total. The van der Waals surface area contributed by atoms with E-state index >= 15 is 0 Å². The average molecular weight is 256 g/mol. The molecule has 2 aromatic rings. The predicted molar refractivity (Wildman–Crippen MR) is 77.0 cm³/mol. The maximum absolute atomic E-state index is 3.93. The van der Waals surface area contributed by atoms with Crippen LogP contribution in [-0.4, -0.2) is 23.3 Å². The molecule has 0 unspecified atom stereocenters. The van der Waals surface area contributed by atoms with Crippen LogP contribution in [0.3, 0.4) is 0 Å². The average Bonchev–Trinajstić information content (AvgIpc) is 3.13. The van der Waals surface area contributed by atoms with Crippen molar-refractivity contribution in [2.24, 2.45) is 0 Å². The lowest BCUT2D eigenvalue weighted by atomic mass is 10.2. The second-order valence-electron chi connectivity index (χ2n) is 5.07. The van der Waals surface area contributed by atoms with E-state index in [1.54, 1.807) is 0 Å². The van der Waals surface area contributed by atoms with Gasteiger partial charge in [-0.1, -0.05) is 12.1 Å². The zero-order chi connectivity index (χ0) is 12.9. The fourth-order valence-electron chi connectivity index (χ4n) is 2.53. The number of anilines is 1. The molecule has 19 heavy (non-hydrogen) atoms. The number of aromatic amines is 1. The van der Waals surface area contributed by atoms with Crippen molar-refractivity contribution < 1.29 is 0 Å². The largest absolute Gasteiger partial charge is 0.372 e. The molecule has 100 valence electrons. The van der Waals surface area contributed by atoms with Crippen molar-refractivity contribution in [3.05, 3.63) is 47.8 Å². The topological polar surface area (TPSA) is 44.0 Å². The van der Waals surface area contributed by atoms with Gasteiger partial charge in [-0.05, 0) is 30.5 Å². The van der Waals surface area contributed by atoms with E-state index < -0.39 is 0 Å². The first-order valence-corrected chi connectivity index (χ1v) is 6.94. The van der Waals surface area contributed by atoms with Crippen LogP contribution in [0.2, 0.25) is 0 Å². The van der Waals surface area contributed by atoms with E-state index in [4.69, 9.17) is 0 Å².